The third kappa shape index (κ3) is 2.13. The van der Waals surface area contributed by atoms with Crippen LogP contribution < -0.4 is 0 Å². The second-order valence-electron chi connectivity index (χ2n) is 4.50. The summed E-state index contributed by atoms with van der Waals surface area (Å²) in [6.07, 6.45) is -2.94. The molecule has 0 aliphatic heterocycles. The SMILES string of the molecule is Cc1cccc(-c2cnc3ccc(C(F)(F)F)nn23)c1. The summed E-state index contributed by atoms with van der Waals surface area (Å²) in [4.78, 5) is 4.08. The van der Waals surface area contributed by atoms with Gasteiger partial charge in [-0.05, 0) is 25.1 Å². The first-order chi connectivity index (χ1) is 9.45. The second kappa shape index (κ2) is 4.33. The molecule has 1 aromatic carbocycles. The monoisotopic (exact) mass is 277 g/mol. The zero-order valence-corrected chi connectivity index (χ0v) is 10.5. The fourth-order valence-electron chi connectivity index (χ4n) is 2.03. The lowest BCUT2D eigenvalue weighted by atomic mass is 10.1. The van der Waals surface area contributed by atoms with Crippen LogP contribution in [-0.4, -0.2) is 14.6 Å². The quantitative estimate of drug-likeness (QED) is 0.678. The van der Waals surface area contributed by atoms with Gasteiger partial charge in [-0.2, -0.15) is 18.3 Å². The van der Waals surface area contributed by atoms with Gasteiger partial charge in [0, 0.05) is 5.56 Å². The Balaban J connectivity index is 2.22. The van der Waals surface area contributed by atoms with E-state index in [9.17, 15) is 13.2 Å². The van der Waals surface area contributed by atoms with E-state index in [1.54, 1.807) is 0 Å². The molecule has 20 heavy (non-hydrogen) atoms. The molecular formula is C14H10F3N3. The topological polar surface area (TPSA) is 30.2 Å². The Morgan fingerprint density at radius 3 is 2.60 bits per heavy atom. The molecule has 3 aromatic rings. The van der Waals surface area contributed by atoms with Crippen molar-refractivity contribution in [3.05, 3.63) is 53.9 Å². The molecule has 3 rings (SSSR count). The van der Waals surface area contributed by atoms with E-state index in [4.69, 9.17) is 0 Å². The van der Waals surface area contributed by atoms with Crippen LogP contribution in [0, 0.1) is 6.92 Å². The number of aromatic nitrogens is 3. The zero-order chi connectivity index (χ0) is 14.3. The van der Waals surface area contributed by atoms with Crippen LogP contribution in [-0.2, 0) is 6.18 Å². The van der Waals surface area contributed by atoms with Gasteiger partial charge in [-0.1, -0.05) is 23.8 Å². The van der Waals surface area contributed by atoms with E-state index >= 15 is 0 Å². The van der Waals surface area contributed by atoms with Gasteiger partial charge in [-0.25, -0.2) is 9.50 Å². The predicted octanol–water partition coefficient (Wildman–Crippen LogP) is 3.72. The molecule has 0 radical (unpaired) electrons. The fourth-order valence-corrected chi connectivity index (χ4v) is 2.03. The number of hydrogen-bond acceptors (Lipinski definition) is 2. The third-order valence-corrected chi connectivity index (χ3v) is 2.97. The number of alkyl halides is 3. The Kier molecular flexibility index (Phi) is 2.74. The molecule has 3 nitrogen and oxygen atoms in total. The van der Waals surface area contributed by atoms with E-state index in [1.165, 1.54) is 16.8 Å². The number of benzene rings is 1. The molecule has 0 saturated carbocycles. The summed E-state index contributed by atoms with van der Waals surface area (Å²) in [6, 6.07) is 9.71. The summed E-state index contributed by atoms with van der Waals surface area (Å²) >= 11 is 0. The molecule has 0 saturated heterocycles. The number of halogens is 3. The van der Waals surface area contributed by atoms with Crippen molar-refractivity contribution in [3.8, 4) is 11.3 Å². The Hall–Kier alpha value is -2.37. The van der Waals surface area contributed by atoms with Crippen LogP contribution in [0.5, 0.6) is 0 Å². The molecule has 6 heteroatoms. The molecule has 0 aliphatic rings. The average molecular weight is 277 g/mol. The molecule has 0 fully saturated rings. The van der Waals surface area contributed by atoms with Crippen molar-refractivity contribution in [2.75, 3.05) is 0 Å². The highest BCUT2D eigenvalue weighted by Crippen LogP contribution is 2.28. The number of rotatable bonds is 1. The van der Waals surface area contributed by atoms with Crippen molar-refractivity contribution in [2.24, 2.45) is 0 Å². The molecule has 102 valence electrons. The van der Waals surface area contributed by atoms with Crippen molar-refractivity contribution >= 4 is 5.65 Å². The van der Waals surface area contributed by atoms with Gasteiger partial charge >= 0.3 is 6.18 Å². The third-order valence-electron chi connectivity index (χ3n) is 2.97. The predicted molar refractivity (Wildman–Crippen MR) is 68.2 cm³/mol. The van der Waals surface area contributed by atoms with Crippen LogP contribution in [0.15, 0.2) is 42.6 Å². The first kappa shape index (κ1) is 12.7. The van der Waals surface area contributed by atoms with Crippen LogP contribution in [0.2, 0.25) is 0 Å². The molecular weight excluding hydrogens is 267 g/mol. The van der Waals surface area contributed by atoms with Gasteiger partial charge in [0.25, 0.3) is 0 Å². The summed E-state index contributed by atoms with van der Waals surface area (Å²) in [5, 5.41) is 3.64. The summed E-state index contributed by atoms with van der Waals surface area (Å²) < 4.78 is 39.4. The molecule has 0 unspecified atom stereocenters. The normalized spacial score (nSPS) is 12.0. The number of aryl methyl sites for hydroxylation is 1. The summed E-state index contributed by atoms with van der Waals surface area (Å²) in [6.45, 7) is 1.92. The largest absolute Gasteiger partial charge is 0.435 e. The van der Waals surface area contributed by atoms with Gasteiger partial charge in [-0.15, -0.1) is 0 Å². The van der Waals surface area contributed by atoms with E-state index in [-0.39, 0.29) is 0 Å². The van der Waals surface area contributed by atoms with Crippen LogP contribution in [0.25, 0.3) is 16.9 Å². The zero-order valence-electron chi connectivity index (χ0n) is 10.5. The number of imidazole rings is 1. The molecule has 2 heterocycles. The van der Waals surface area contributed by atoms with Gasteiger partial charge in [0.1, 0.15) is 0 Å². The van der Waals surface area contributed by atoms with Gasteiger partial charge in [0.2, 0.25) is 0 Å². The molecule has 0 N–H and O–H groups in total. The summed E-state index contributed by atoms with van der Waals surface area (Å²) in [5.41, 5.74) is 1.79. The van der Waals surface area contributed by atoms with Crippen molar-refractivity contribution in [1.82, 2.24) is 14.6 Å². The van der Waals surface area contributed by atoms with Gasteiger partial charge < -0.3 is 0 Å². The Labute approximate surface area is 112 Å². The highest BCUT2D eigenvalue weighted by molar-refractivity contribution is 5.63. The second-order valence-corrected chi connectivity index (χ2v) is 4.50. The van der Waals surface area contributed by atoms with Crippen molar-refractivity contribution in [3.63, 3.8) is 0 Å². The molecule has 0 spiro atoms. The highest BCUT2D eigenvalue weighted by Gasteiger charge is 2.33. The van der Waals surface area contributed by atoms with Crippen molar-refractivity contribution in [1.29, 1.82) is 0 Å². The van der Waals surface area contributed by atoms with E-state index in [0.717, 1.165) is 17.2 Å². The standard InChI is InChI=1S/C14H10F3N3/c1-9-3-2-4-10(7-9)11-8-18-13-6-5-12(14(15,16)17)19-20(11)13/h2-8H,1H3. The highest BCUT2D eigenvalue weighted by atomic mass is 19.4. The maximum absolute atomic E-state index is 12.7. The number of nitrogens with zero attached hydrogens (tertiary/aromatic N) is 3. The van der Waals surface area contributed by atoms with Crippen LogP contribution in [0.1, 0.15) is 11.3 Å². The van der Waals surface area contributed by atoms with Crippen LogP contribution in [0.3, 0.4) is 0 Å². The average Bonchev–Trinajstić information content (AvgIpc) is 2.80. The van der Waals surface area contributed by atoms with Gasteiger partial charge in [0.05, 0.1) is 11.9 Å². The van der Waals surface area contributed by atoms with Crippen LogP contribution in [0.4, 0.5) is 13.2 Å². The summed E-state index contributed by atoms with van der Waals surface area (Å²) in [5.74, 6) is 0. The maximum Gasteiger partial charge on any atom is 0.435 e. The first-order valence-electron chi connectivity index (χ1n) is 5.94. The van der Waals surface area contributed by atoms with Crippen molar-refractivity contribution in [2.45, 2.75) is 13.1 Å². The Morgan fingerprint density at radius 1 is 1.10 bits per heavy atom. The summed E-state index contributed by atoms with van der Waals surface area (Å²) in [7, 11) is 0. The van der Waals surface area contributed by atoms with Crippen LogP contribution >= 0.6 is 0 Å². The lowest BCUT2D eigenvalue weighted by molar-refractivity contribution is -0.141. The molecule has 0 aliphatic carbocycles. The minimum atomic E-state index is -4.47. The molecule has 0 atom stereocenters. The van der Waals surface area contributed by atoms with E-state index in [1.807, 2.05) is 31.2 Å². The Bertz CT molecular complexity index is 775. The van der Waals surface area contributed by atoms with E-state index in [0.29, 0.717) is 11.3 Å². The van der Waals surface area contributed by atoms with Crippen molar-refractivity contribution < 1.29 is 13.2 Å². The Morgan fingerprint density at radius 2 is 1.90 bits per heavy atom. The smallest absolute Gasteiger partial charge is 0.235 e. The van der Waals surface area contributed by atoms with E-state index < -0.39 is 11.9 Å². The fraction of sp³-hybridized carbons (Fsp3) is 0.143. The van der Waals surface area contributed by atoms with Gasteiger partial charge in [-0.3, -0.25) is 0 Å². The number of fused-ring (bicyclic) bond motifs is 1. The lowest BCUT2D eigenvalue weighted by Gasteiger charge is -2.07. The maximum atomic E-state index is 12.7. The minimum Gasteiger partial charge on any atom is -0.235 e. The minimum absolute atomic E-state index is 0.384. The molecule has 0 bridgehead atoms. The van der Waals surface area contributed by atoms with E-state index in [2.05, 4.69) is 10.1 Å². The molecule has 0 amide bonds. The first-order valence-corrected chi connectivity index (χ1v) is 5.94. The number of hydrogen-bond donors (Lipinski definition) is 0. The lowest BCUT2D eigenvalue weighted by Crippen LogP contribution is -2.10. The molecule has 2 aromatic heterocycles. The van der Waals surface area contributed by atoms with Gasteiger partial charge in [0.15, 0.2) is 11.3 Å².